The second kappa shape index (κ2) is 3.24. The van der Waals surface area contributed by atoms with E-state index in [1.54, 1.807) is 0 Å². The molecule has 14 heavy (non-hydrogen) atoms. The molecule has 3 heteroatoms. The Kier molecular flexibility index (Phi) is 2.43. The zero-order valence-electron chi connectivity index (χ0n) is 8.16. The minimum atomic E-state index is -0.508. The third kappa shape index (κ3) is 1.33. The minimum Gasteiger partial charge on any atom is -0.481 e. The summed E-state index contributed by atoms with van der Waals surface area (Å²) in [6.45, 7) is 0. The monoisotopic (exact) mass is 239 g/mol. The summed E-state index contributed by atoms with van der Waals surface area (Å²) >= 11 is 0. The molecule has 4 saturated carbocycles. The molecular weight excluding hydrogens is 223 g/mol. The van der Waals surface area contributed by atoms with Gasteiger partial charge in [-0.1, -0.05) is 0 Å². The third-order valence-corrected chi connectivity index (χ3v) is 4.49. The van der Waals surface area contributed by atoms with Crippen LogP contribution in [0.1, 0.15) is 38.5 Å². The van der Waals surface area contributed by atoms with Crippen LogP contribution >= 0.6 is 0 Å². The molecule has 0 aromatic rings. The van der Waals surface area contributed by atoms with Crippen LogP contribution in [0.25, 0.3) is 0 Å². The summed E-state index contributed by atoms with van der Waals surface area (Å²) in [7, 11) is 0. The van der Waals surface area contributed by atoms with Gasteiger partial charge in [0.1, 0.15) is 0 Å². The van der Waals surface area contributed by atoms with Crippen LogP contribution in [0.3, 0.4) is 0 Å². The van der Waals surface area contributed by atoms with Gasteiger partial charge in [-0.25, -0.2) is 0 Å². The molecule has 0 aromatic carbocycles. The molecule has 2 nitrogen and oxygen atoms in total. The number of hydrogen-bond acceptors (Lipinski definition) is 1. The number of carboxylic acid groups (broad SMARTS) is 1. The van der Waals surface area contributed by atoms with Crippen LogP contribution in [0.5, 0.6) is 0 Å². The van der Waals surface area contributed by atoms with Crippen molar-refractivity contribution in [3.8, 4) is 0 Å². The maximum Gasteiger partial charge on any atom is 0.309 e. The summed E-state index contributed by atoms with van der Waals surface area (Å²) in [4.78, 5) is 11.3. The molecule has 0 heterocycles. The van der Waals surface area contributed by atoms with Crippen LogP contribution in [0.15, 0.2) is 0 Å². The Morgan fingerprint density at radius 3 is 1.64 bits per heavy atom. The van der Waals surface area contributed by atoms with E-state index < -0.39 is 5.97 Å². The molecule has 1 radical (unpaired) electrons. The van der Waals surface area contributed by atoms with Crippen molar-refractivity contribution in [1.29, 1.82) is 0 Å². The Balaban J connectivity index is 0.000000750. The van der Waals surface area contributed by atoms with Gasteiger partial charge in [-0.05, 0) is 56.3 Å². The van der Waals surface area contributed by atoms with Gasteiger partial charge >= 0.3 is 5.97 Å². The number of carbonyl (C=O) groups is 1. The van der Waals surface area contributed by atoms with Gasteiger partial charge in [0.15, 0.2) is 0 Å². The van der Waals surface area contributed by atoms with Crippen LogP contribution in [0.2, 0.25) is 0 Å². The minimum absolute atomic E-state index is 0. The summed E-state index contributed by atoms with van der Waals surface area (Å²) < 4.78 is 0. The first kappa shape index (κ1) is 10.5. The van der Waals surface area contributed by atoms with E-state index in [1.165, 1.54) is 19.3 Å². The molecule has 0 aromatic heterocycles. The smallest absolute Gasteiger partial charge is 0.309 e. The molecule has 0 spiro atoms. The van der Waals surface area contributed by atoms with Crippen LogP contribution in [0, 0.1) is 23.2 Å². The standard InChI is InChI=1S/C11H16O2.Co/c12-10(13)11-4-7-1-8(5-11)3-9(2-7)6-11;/h7-9H,1-6H2,(H,12,13);. The molecule has 0 aliphatic heterocycles. The Hall–Kier alpha value is -0.0235. The number of carboxylic acids is 1. The summed E-state index contributed by atoms with van der Waals surface area (Å²) in [5.41, 5.74) is -0.283. The Labute approximate surface area is 94.6 Å². The molecular formula is C11H16CoO2. The quantitative estimate of drug-likeness (QED) is 0.762. The molecule has 0 unspecified atom stereocenters. The molecule has 81 valence electrons. The average molecular weight is 239 g/mol. The van der Waals surface area contributed by atoms with Gasteiger partial charge in [-0.3, -0.25) is 4.79 Å². The van der Waals surface area contributed by atoms with E-state index >= 15 is 0 Å². The first-order chi connectivity index (χ1) is 6.18. The molecule has 4 bridgehead atoms. The van der Waals surface area contributed by atoms with Gasteiger partial charge in [-0.2, -0.15) is 0 Å². The second-order valence-corrected chi connectivity index (χ2v) is 5.50. The first-order valence-corrected chi connectivity index (χ1v) is 5.41. The van der Waals surface area contributed by atoms with Gasteiger partial charge in [0.25, 0.3) is 0 Å². The van der Waals surface area contributed by atoms with E-state index in [-0.39, 0.29) is 22.2 Å². The van der Waals surface area contributed by atoms with Crippen molar-refractivity contribution in [2.24, 2.45) is 23.2 Å². The van der Waals surface area contributed by atoms with Crippen molar-refractivity contribution in [3.05, 3.63) is 0 Å². The van der Waals surface area contributed by atoms with Gasteiger partial charge in [-0.15, -0.1) is 0 Å². The van der Waals surface area contributed by atoms with Crippen LogP contribution < -0.4 is 0 Å². The van der Waals surface area contributed by atoms with E-state index in [2.05, 4.69) is 0 Å². The molecule has 0 amide bonds. The third-order valence-electron chi connectivity index (χ3n) is 4.49. The van der Waals surface area contributed by atoms with E-state index in [0.717, 1.165) is 37.0 Å². The summed E-state index contributed by atoms with van der Waals surface area (Å²) in [6, 6.07) is 0. The molecule has 4 rings (SSSR count). The number of hydrogen-bond donors (Lipinski definition) is 1. The number of aliphatic carboxylic acids is 1. The van der Waals surface area contributed by atoms with Gasteiger partial charge in [0.2, 0.25) is 0 Å². The molecule has 1 N–H and O–H groups in total. The molecule has 4 aliphatic carbocycles. The normalized spacial score (nSPS) is 48.7. The Morgan fingerprint density at radius 2 is 1.36 bits per heavy atom. The largest absolute Gasteiger partial charge is 0.481 e. The zero-order valence-corrected chi connectivity index (χ0v) is 9.20. The van der Waals surface area contributed by atoms with Crippen LogP contribution in [-0.4, -0.2) is 11.1 Å². The predicted octanol–water partition coefficient (Wildman–Crippen LogP) is 2.28. The summed E-state index contributed by atoms with van der Waals surface area (Å²) in [5, 5.41) is 9.28. The van der Waals surface area contributed by atoms with Gasteiger partial charge in [0.05, 0.1) is 5.41 Å². The average Bonchev–Trinajstić information content (AvgIpc) is 2.00. The van der Waals surface area contributed by atoms with E-state index in [1.807, 2.05) is 0 Å². The van der Waals surface area contributed by atoms with E-state index in [4.69, 9.17) is 0 Å². The van der Waals surface area contributed by atoms with Crippen LogP contribution in [0.4, 0.5) is 0 Å². The fraction of sp³-hybridized carbons (Fsp3) is 0.909. The Bertz CT molecular complexity index is 227. The van der Waals surface area contributed by atoms with Crippen molar-refractivity contribution in [2.45, 2.75) is 38.5 Å². The summed E-state index contributed by atoms with van der Waals surface area (Å²) in [5.74, 6) is 1.75. The maximum absolute atomic E-state index is 11.3. The molecule has 0 atom stereocenters. The SMILES string of the molecule is O=C(O)C12CC3CC(CC(C3)C1)C2.[Co]. The first-order valence-electron chi connectivity index (χ1n) is 5.41. The van der Waals surface area contributed by atoms with Crippen molar-refractivity contribution in [2.75, 3.05) is 0 Å². The van der Waals surface area contributed by atoms with Crippen molar-refractivity contribution >= 4 is 5.97 Å². The topological polar surface area (TPSA) is 37.3 Å². The van der Waals surface area contributed by atoms with Crippen molar-refractivity contribution < 1.29 is 26.7 Å². The van der Waals surface area contributed by atoms with E-state index in [0.29, 0.717) is 0 Å². The summed E-state index contributed by atoms with van der Waals surface area (Å²) in [6.07, 6.45) is 6.92. The zero-order chi connectivity index (χ0) is 9.05. The Morgan fingerprint density at radius 1 is 1.00 bits per heavy atom. The number of rotatable bonds is 1. The van der Waals surface area contributed by atoms with Gasteiger partial charge < -0.3 is 5.11 Å². The molecule has 4 aliphatic rings. The predicted molar refractivity (Wildman–Crippen MR) is 48.2 cm³/mol. The van der Waals surface area contributed by atoms with Crippen molar-refractivity contribution in [3.63, 3.8) is 0 Å². The van der Waals surface area contributed by atoms with Crippen molar-refractivity contribution in [1.82, 2.24) is 0 Å². The maximum atomic E-state index is 11.3. The second-order valence-electron chi connectivity index (χ2n) is 5.50. The van der Waals surface area contributed by atoms with Crippen LogP contribution in [-0.2, 0) is 21.6 Å². The van der Waals surface area contributed by atoms with Gasteiger partial charge in [0, 0.05) is 16.8 Å². The fourth-order valence-electron chi connectivity index (χ4n) is 4.37. The fourth-order valence-corrected chi connectivity index (χ4v) is 4.37. The molecule has 0 saturated heterocycles. The molecule has 4 fully saturated rings. The van der Waals surface area contributed by atoms with E-state index in [9.17, 15) is 9.90 Å².